The third-order valence-electron chi connectivity index (χ3n) is 7.19. The van der Waals surface area contributed by atoms with Crippen LogP contribution in [0, 0.1) is 0 Å². The van der Waals surface area contributed by atoms with Gasteiger partial charge in [0.1, 0.15) is 15.6 Å². The number of hydrogen-bond donors (Lipinski definition) is 0. The van der Waals surface area contributed by atoms with E-state index < -0.39 is 14.6 Å². The Labute approximate surface area is 222 Å². The highest BCUT2D eigenvalue weighted by molar-refractivity contribution is 14.1. The average molecular weight is 575 g/mol. The minimum Gasteiger partial charge on any atom is -0.343 e. The Morgan fingerprint density at radius 1 is 0.543 bits per heavy atom. The molecule has 0 spiro atoms. The molecule has 0 radical (unpaired) electrons. The zero-order chi connectivity index (χ0) is 24.5. The maximum Gasteiger partial charge on any atom is 0.163 e. The van der Waals surface area contributed by atoms with Crippen molar-refractivity contribution in [2.75, 3.05) is 0 Å². The smallest absolute Gasteiger partial charge is 0.163 e. The van der Waals surface area contributed by atoms with Crippen LogP contribution in [0.15, 0.2) is 121 Å². The van der Waals surface area contributed by atoms with Crippen LogP contribution in [-0.4, -0.2) is 18.0 Å². The summed E-state index contributed by atoms with van der Waals surface area (Å²) >= 11 is 2.61. The molecule has 1 heterocycles. The molecule has 1 aliphatic heterocycles. The van der Waals surface area contributed by atoms with Crippen molar-refractivity contribution < 1.29 is 9.47 Å². The summed E-state index contributed by atoms with van der Waals surface area (Å²) in [7, 11) is 0. The van der Waals surface area contributed by atoms with Gasteiger partial charge in [-0.3, -0.25) is 0 Å². The molecule has 2 unspecified atom stereocenters. The molecule has 0 aromatic heterocycles. The zero-order valence-corrected chi connectivity index (χ0v) is 22.6. The van der Waals surface area contributed by atoms with Gasteiger partial charge in [0.05, 0.1) is 0 Å². The van der Waals surface area contributed by atoms with E-state index in [-0.39, 0.29) is 12.2 Å². The second-order valence-corrected chi connectivity index (χ2v) is 11.6. The minimum absolute atomic E-state index is 0.250. The molecule has 1 fully saturated rings. The molecule has 4 aromatic carbocycles. The molecule has 0 aliphatic carbocycles. The van der Waals surface area contributed by atoms with Crippen LogP contribution in [0.5, 0.6) is 0 Å². The first-order valence-electron chi connectivity index (χ1n) is 12.1. The SMILES string of the molecule is CC1(C)OC(C(C)(c2ccccc2)c2ccccc2)C(C(I)(c2ccccc2)c2ccccc2)O1. The maximum atomic E-state index is 6.90. The Bertz CT molecular complexity index is 1060. The molecule has 1 aliphatic rings. The highest BCUT2D eigenvalue weighted by atomic mass is 127. The average Bonchev–Trinajstić information content (AvgIpc) is 3.26. The standard InChI is InChI=1S/C32H31IO2/c1-30(2)34-28(31(3,24-16-8-4-9-17-24)25-18-10-5-11-19-25)29(35-30)32(33,26-20-12-6-13-21-26)27-22-14-7-15-23-27/h4-23,28-29H,1-3H3. The molecule has 35 heavy (non-hydrogen) atoms. The van der Waals surface area contributed by atoms with Crippen LogP contribution >= 0.6 is 22.6 Å². The summed E-state index contributed by atoms with van der Waals surface area (Å²) in [5.74, 6) is -0.736. The van der Waals surface area contributed by atoms with Crippen molar-refractivity contribution in [2.24, 2.45) is 0 Å². The van der Waals surface area contributed by atoms with Gasteiger partial charge in [0.2, 0.25) is 0 Å². The van der Waals surface area contributed by atoms with E-state index in [0.717, 1.165) is 0 Å². The lowest BCUT2D eigenvalue weighted by Gasteiger charge is -2.43. The van der Waals surface area contributed by atoms with Gasteiger partial charge in [-0.15, -0.1) is 0 Å². The molecule has 3 heteroatoms. The first kappa shape index (κ1) is 24.2. The quantitative estimate of drug-likeness (QED) is 0.172. The van der Waals surface area contributed by atoms with Crippen LogP contribution in [0.2, 0.25) is 0 Å². The number of rotatable bonds is 6. The Kier molecular flexibility index (Phi) is 6.60. The van der Waals surface area contributed by atoms with E-state index in [1.807, 2.05) is 13.8 Å². The third kappa shape index (κ3) is 4.35. The highest BCUT2D eigenvalue weighted by Crippen LogP contribution is 2.54. The second-order valence-electron chi connectivity index (χ2n) is 9.85. The molecule has 5 rings (SSSR count). The van der Waals surface area contributed by atoms with Crippen molar-refractivity contribution >= 4 is 22.6 Å². The number of halogens is 1. The predicted octanol–water partition coefficient (Wildman–Crippen LogP) is 7.89. The topological polar surface area (TPSA) is 18.5 Å². The first-order valence-corrected chi connectivity index (χ1v) is 13.2. The van der Waals surface area contributed by atoms with E-state index in [0.29, 0.717) is 0 Å². The number of alkyl halides is 1. The van der Waals surface area contributed by atoms with Crippen molar-refractivity contribution in [1.82, 2.24) is 0 Å². The zero-order valence-electron chi connectivity index (χ0n) is 20.4. The summed E-state index contributed by atoms with van der Waals surface area (Å²) < 4.78 is 13.3. The normalized spacial score (nSPS) is 20.0. The molecular weight excluding hydrogens is 543 g/mol. The molecule has 2 atom stereocenters. The summed E-state index contributed by atoms with van der Waals surface area (Å²) in [6.45, 7) is 6.36. The van der Waals surface area contributed by atoms with Gasteiger partial charge in [-0.1, -0.05) is 144 Å². The summed E-state index contributed by atoms with van der Waals surface area (Å²) in [6.07, 6.45) is -0.507. The van der Waals surface area contributed by atoms with Crippen molar-refractivity contribution in [3.05, 3.63) is 144 Å². The van der Waals surface area contributed by atoms with Crippen LogP contribution in [0.4, 0.5) is 0 Å². The molecule has 4 aromatic rings. The first-order chi connectivity index (χ1) is 16.9. The van der Waals surface area contributed by atoms with Gasteiger partial charge >= 0.3 is 0 Å². The lowest BCUT2D eigenvalue weighted by molar-refractivity contribution is -0.151. The molecule has 1 saturated heterocycles. The van der Waals surface area contributed by atoms with E-state index in [4.69, 9.17) is 9.47 Å². The molecule has 2 nitrogen and oxygen atoms in total. The Morgan fingerprint density at radius 3 is 1.23 bits per heavy atom. The monoisotopic (exact) mass is 574 g/mol. The third-order valence-corrected chi connectivity index (χ3v) is 9.05. The van der Waals surface area contributed by atoms with Crippen LogP contribution in [-0.2, 0) is 18.3 Å². The van der Waals surface area contributed by atoms with Crippen molar-refractivity contribution in [1.29, 1.82) is 0 Å². The van der Waals surface area contributed by atoms with Gasteiger partial charge in [-0.05, 0) is 43.0 Å². The van der Waals surface area contributed by atoms with Gasteiger partial charge in [-0.25, -0.2) is 0 Å². The fourth-order valence-corrected chi connectivity index (χ4v) is 6.57. The van der Waals surface area contributed by atoms with Crippen molar-refractivity contribution in [3.63, 3.8) is 0 Å². The largest absolute Gasteiger partial charge is 0.343 e. The minimum atomic E-state index is -0.736. The van der Waals surface area contributed by atoms with E-state index in [9.17, 15) is 0 Å². The molecule has 0 bridgehead atoms. The highest BCUT2D eigenvalue weighted by Gasteiger charge is 2.59. The number of hydrogen-bond acceptors (Lipinski definition) is 2. The molecule has 178 valence electrons. The van der Waals surface area contributed by atoms with E-state index >= 15 is 0 Å². The molecular formula is C32H31IO2. The lowest BCUT2D eigenvalue weighted by atomic mass is 9.67. The van der Waals surface area contributed by atoms with Gasteiger partial charge in [-0.2, -0.15) is 0 Å². The molecule has 0 amide bonds. The van der Waals surface area contributed by atoms with E-state index in [1.54, 1.807) is 0 Å². The molecule has 0 N–H and O–H groups in total. The summed E-state index contributed by atoms with van der Waals surface area (Å²) in [5, 5.41) is 0. The van der Waals surface area contributed by atoms with Gasteiger partial charge < -0.3 is 9.47 Å². The van der Waals surface area contributed by atoms with Crippen LogP contribution in [0.3, 0.4) is 0 Å². The fraction of sp³-hybridized carbons (Fsp3) is 0.250. The lowest BCUT2D eigenvalue weighted by Crippen LogP contribution is -2.51. The van der Waals surface area contributed by atoms with Gasteiger partial charge in [0, 0.05) is 5.41 Å². The number of ether oxygens (including phenoxy) is 2. The van der Waals surface area contributed by atoms with Crippen molar-refractivity contribution in [2.45, 2.75) is 47.6 Å². The maximum absolute atomic E-state index is 6.90. The Balaban J connectivity index is 1.76. The van der Waals surface area contributed by atoms with Crippen LogP contribution in [0.1, 0.15) is 43.0 Å². The Hall–Kier alpha value is -2.47. The van der Waals surface area contributed by atoms with Crippen LogP contribution in [0.25, 0.3) is 0 Å². The second kappa shape index (κ2) is 9.53. The van der Waals surface area contributed by atoms with Gasteiger partial charge in [0.25, 0.3) is 0 Å². The van der Waals surface area contributed by atoms with Crippen molar-refractivity contribution in [3.8, 4) is 0 Å². The summed E-state index contributed by atoms with van der Waals surface area (Å²) in [4.78, 5) is 0. The summed E-state index contributed by atoms with van der Waals surface area (Å²) in [5.41, 5.74) is 4.38. The van der Waals surface area contributed by atoms with E-state index in [2.05, 4.69) is 151 Å². The van der Waals surface area contributed by atoms with Gasteiger partial charge in [0.15, 0.2) is 5.79 Å². The Morgan fingerprint density at radius 2 is 0.857 bits per heavy atom. The van der Waals surface area contributed by atoms with E-state index in [1.165, 1.54) is 22.3 Å². The fourth-order valence-electron chi connectivity index (χ4n) is 5.39. The van der Waals surface area contributed by atoms with Crippen LogP contribution < -0.4 is 0 Å². The number of benzene rings is 4. The predicted molar refractivity (Wildman–Crippen MR) is 151 cm³/mol. The summed E-state index contributed by atoms with van der Waals surface area (Å²) in [6, 6.07) is 42.8. The molecule has 0 saturated carbocycles.